The predicted molar refractivity (Wildman–Crippen MR) is 121 cm³/mol. The number of carbonyl (C=O) groups excluding carboxylic acids is 1. The first kappa shape index (κ1) is 22.6. The molecule has 1 saturated heterocycles. The lowest BCUT2D eigenvalue weighted by atomic mass is 9.74. The van der Waals surface area contributed by atoms with Gasteiger partial charge in [0.15, 0.2) is 11.6 Å². The molecule has 0 saturated carbocycles. The number of ether oxygens (including phenoxy) is 3. The Balaban J connectivity index is 1.69. The monoisotopic (exact) mass is 441 g/mol. The smallest absolute Gasteiger partial charge is 0.168 e. The molecule has 2 aromatic rings. The molecule has 32 heavy (non-hydrogen) atoms. The third kappa shape index (κ3) is 4.46. The normalized spacial score (nSPS) is 19.3. The minimum absolute atomic E-state index is 0.0733. The second-order valence-corrected chi connectivity index (χ2v) is 9.58. The number of halogens is 1. The summed E-state index contributed by atoms with van der Waals surface area (Å²) in [6.07, 6.45) is 3.02. The Morgan fingerprint density at radius 1 is 1.12 bits per heavy atom. The number of fused-ring (bicyclic) bond motifs is 2. The number of likely N-dealkylation sites (tertiary alicyclic amines) is 1. The lowest BCUT2D eigenvalue weighted by Crippen LogP contribution is -2.41. The van der Waals surface area contributed by atoms with Gasteiger partial charge in [0.05, 0.1) is 14.2 Å². The van der Waals surface area contributed by atoms with Crippen molar-refractivity contribution in [2.75, 3.05) is 33.9 Å². The molecule has 0 bridgehead atoms. The van der Waals surface area contributed by atoms with Crippen molar-refractivity contribution in [1.29, 1.82) is 0 Å². The van der Waals surface area contributed by atoms with Gasteiger partial charge >= 0.3 is 0 Å². The van der Waals surface area contributed by atoms with Crippen LogP contribution >= 0.6 is 0 Å². The second-order valence-electron chi connectivity index (χ2n) is 9.58. The summed E-state index contributed by atoms with van der Waals surface area (Å²) in [5.74, 6) is 1.62. The quantitative estimate of drug-likeness (QED) is 0.603. The van der Waals surface area contributed by atoms with Gasteiger partial charge in [0.25, 0.3) is 0 Å². The minimum atomic E-state index is -0.417. The van der Waals surface area contributed by atoms with Gasteiger partial charge in [-0.05, 0) is 61.2 Å². The van der Waals surface area contributed by atoms with Crippen LogP contribution in [0.25, 0.3) is 0 Å². The zero-order valence-corrected chi connectivity index (χ0v) is 19.3. The molecule has 2 heterocycles. The topological polar surface area (TPSA) is 48.0 Å². The fourth-order valence-electron chi connectivity index (χ4n) is 5.10. The van der Waals surface area contributed by atoms with E-state index in [0.717, 1.165) is 55.6 Å². The summed E-state index contributed by atoms with van der Waals surface area (Å²) in [5.41, 5.74) is 2.89. The van der Waals surface area contributed by atoms with Crippen molar-refractivity contribution >= 4 is 6.29 Å². The average Bonchev–Trinajstić information content (AvgIpc) is 2.94. The van der Waals surface area contributed by atoms with E-state index in [4.69, 9.17) is 14.2 Å². The molecular formula is C26H32FNO4. The van der Waals surface area contributed by atoms with Crippen LogP contribution in [0.1, 0.15) is 49.3 Å². The molecule has 1 unspecified atom stereocenters. The number of aldehydes is 1. The molecule has 0 aliphatic carbocycles. The van der Waals surface area contributed by atoms with Crippen molar-refractivity contribution in [1.82, 2.24) is 4.90 Å². The summed E-state index contributed by atoms with van der Waals surface area (Å²) in [6, 6.07) is 9.38. The number of nitrogens with zero attached hydrogens (tertiary/aromatic N) is 1. The predicted octanol–water partition coefficient (Wildman–Crippen LogP) is 4.80. The zero-order chi connectivity index (χ0) is 22.9. The maximum absolute atomic E-state index is 14.5. The Hall–Kier alpha value is -2.60. The highest BCUT2D eigenvalue weighted by Gasteiger charge is 2.35. The number of hydrogen-bond donors (Lipinski definition) is 0. The van der Waals surface area contributed by atoms with Crippen LogP contribution in [0.5, 0.6) is 17.2 Å². The van der Waals surface area contributed by atoms with Crippen molar-refractivity contribution in [2.24, 2.45) is 11.3 Å². The molecule has 5 nitrogen and oxygen atoms in total. The maximum atomic E-state index is 14.5. The van der Waals surface area contributed by atoms with Gasteiger partial charge in [0, 0.05) is 29.5 Å². The standard InChI is InChI=1S/C26H32FNO4/c1-26(2,16-29)15-28-9-7-17(8-10-28)25-20-6-5-19(30-3)11-18(20)14-32-23-13-22(27)24(31-4)12-21(23)25/h5-6,11-13,16-17,25H,7-10,14-15H2,1-4H3. The Kier molecular flexibility index (Phi) is 6.42. The first-order chi connectivity index (χ1) is 15.3. The fraction of sp³-hybridized carbons (Fsp3) is 0.500. The number of piperidine rings is 1. The van der Waals surface area contributed by atoms with Gasteiger partial charge in [0.2, 0.25) is 0 Å². The van der Waals surface area contributed by atoms with Crippen LogP contribution in [-0.4, -0.2) is 45.0 Å². The van der Waals surface area contributed by atoms with Gasteiger partial charge in [-0.25, -0.2) is 4.39 Å². The minimum Gasteiger partial charge on any atom is -0.497 e. The van der Waals surface area contributed by atoms with Crippen LogP contribution < -0.4 is 14.2 Å². The maximum Gasteiger partial charge on any atom is 0.168 e. The van der Waals surface area contributed by atoms with E-state index in [1.54, 1.807) is 13.2 Å². The van der Waals surface area contributed by atoms with E-state index in [1.807, 2.05) is 26.0 Å². The van der Waals surface area contributed by atoms with Crippen LogP contribution in [0.15, 0.2) is 30.3 Å². The molecule has 2 aromatic carbocycles. The summed E-state index contributed by atoms with van der Waals surface area (Å²) in [6.45, 7) is 6.95. The van der Waals surface area contributed by atoms with Gasteiger partial charge in [-0.3, -0.25) is 0 Å². The molecule has 0 radical (unpaired) electrons. The average molecular weight is 442 g/mol. The highest BCUT2D eigenvalue weighted by molar-refractivity contribution is 5.58. The van der Waals surface area contributed by atoms with Crippen molar-refractivity contribution in [3.8, 4) is 17.2 Å². The van der Waals surface area contributed by atoms with Gasteiger partial charge in [0.1, 0.15) is 24.4 Å². The summed E-state index contributed by atoms with van der Waals surface area (Å²) in [7, 11) is 3.14. The van der Waals surface area contributed by atoms with Gasteiger partial charge < -0.3 is 23.9 Å². The van der Waals surface area contributed by atoms with E-state index in [9.17, 15) is 9.18 Å². The molecule has 2 aliphatic rings. The van der Waals surface area contributed by atoms with E-state index >= 15 is 0 Å². The van der Waals surface area contributed by atoms with Gasteiger partial charge in [-0.15, -0.1) is 0 Å². The lowest BCUT2D eigenvalue weighted by Gasteiger charge is -2.38. The first-order valence-electron chi connectivity index (χ1n) is 11.2. The van der Waals surface area contributed by atoms with Crippen LogP contribution in [0, 0.1) is 17.2 Å². The number of carbonyl (C=O) groups is 1. The number of hydrogen-bond acceptors (Lipinski definition) is 5. The molecule has 0 aromatic heterocycles. The molecule has 0 amide bonds. The van der Waals surface area contributed by atoms with Crippen molar-refractivity contribution in [2.45, 2.75) is 39.2 Å². The van der Waals surface area contributed by atoms with E-state index in [0.29, 0.717) is 18.3 Å². The summed E-state index contributed by atoms with van der Waals surface area (Å²) in [4.78, 5) is 13.7. The van der Waals surface area contributed by atoms with E-state index < -0.39 is 5.82 Å². The Morgan fingerprint density at radius 2 is 1.88 bits per heavy atom. The molecular weight excluding hydrogens is 409 g/mol. The van der Waals surface area contributed by atoms with E-state index in [2.05, 4.69) is 11.0 Å². The Morgan fingerprint density at radius 3 is 2.53 bits per heavy atom. The first-order valence-corrected chi connectivity index (χ1v) is 11.2. The molecule has 172 valence electrons. The van der Waals surface area contributed by atoms with Crippen LogP contribution in [0.2, 0.25) is 0 Å². The summed E-state index contributed by atoms with van der Waals surface area (Å²) >= 11 is 0. The van der Waals surface area contributed by atoms with Crippen molar-refractivity contribution in [3.05, 3.63) is 52.8 Å². The van der Waals surface area contributed by atoms with Crippen molar-refractivity contribution < 1.29 is 23.4 Å². The fourth-order valence-corrected chi connectivity index (χ4v) is 5.10. The Bertz CT molecular complexity index is 982. The summed E-state index contributed by atoms with van der Waals surface area (Å²) < 4.78 is 31.3. The number of benzene rings is 2. The van der Waals surface area contributed by atoms with Gasteiger partial charge in [-0.1, -0.05) is 19.9 Å². The second kappa shape index (κ2) is 9.10. The van der Waals surface area contributed by atoms with E-state index in [-0.39, 0.29) is 17.1 Å². The number of rotatable bonds is 6. The SMILES string of the molecule is COc1ccc2c(c1)COc1cc(F)c(OC)cc1C2C1CCN(CC(C)(C)C=O)CC1. The lowest BCUT2D eigenvalue weighted by molar-refractivity contribution is -0.115. The van der Waals surface area contributed by atoms with Crippen LogP contribution in [-0.2, 0) is 11.4 Å². The molecule has 1 atom stereocenters. The Labute approximate surface area is 189 Å². The molecule has 1 fully saturated rings. The van der Waals surface area contributed by atoms with Crippen LogP contribution in [0.4, 0.5) is 4.39 Å². The molecule has 4 rings (SSSR count). The van der Waals surface area contributed by atoms with Crippen molar-refractivity contribution in [3.63, 3.8) is 0 Å². The molecule has 2 aliphatic heterocycles. The third-order valence-corrected chi connectivity index (χ3v) is 6.74. The van der Waals surface area contributed by atoms with E-state index in [1.165, 1.54) is 18.7 Å². The van der Waals surface area contributed by atoms with Gasteiger partial charge in [-0.2, -0.15) is 0 Å². The highest BCUT2D eigenvalue weighted by Crippen LogP contribution is 2.47. The summed E-state index contributed by atoms with van der Waals surface area (Å²) in [5, 5.41) is 0. The largest absolute Gasteiger partial charge is 0.497 e. The highest BCUT2D eigenvalue weighted by atomic mass is 19.1. The molecule has 6 heteroatoms. The van der Waals surface area contributed by atoms with Crippen LogP contribution in [0.3, 0.4) is 0 Å². The number of methoxy groups -OCH3 is 2. The molecule has 0 N–H and O–H groups in total. The molecule has 0 spiro atoms. The zero-order valence-electron chi connectivity index (χ0n) is 19.3. The third-order valence-electron chi connectivity index (χ3n) is 6.74.